The minimum absolute atomic E-state index is 0.107. The van der Waals surface area contributed by atoms with Crippen LogP contribution in [0.1, 0.15) is 5.82 Å². The van der Waals surface area contributed by atoms with Crippen molar-refractivity contribution in [3.8, 4) is 11.5 Å². The summed E-state index contributed by atoms with van der Waals surface area (Å²) in [6.45, 7) is 0. The zero-order chi connectivity index (χ0) is 10.9. The van der Waals surface area contributed by atoms with Crippen LogP contribution in [0.25, 0.3) is 11.5 Å². The van der Waals surface area contributed by atoms with Gasteiger partial charge in [-0.2, -0.15) is 18.3 Å². The van der Waals surface area contributed by atoms with Gasteiger partial charge in [0.1, 0.15) is 12.0 Å². The van der Waals surface area contributed by atoms with Crippen LogP contribution in [0.15, 0.2) is 18.6 Å². The quantitative estimate of drug-likeness (QED) is 0.778. The normalized spacial score (nSPS) is 11.7. The Morgan fingerprint density at radius 1 is 1.27 bits per heavy atom. The maximum atomic E-state index is 12.2. The highest BCUT2D eigenvalue weighted by molar-refractivity contribution is 5.46. The number of aromatic nitrogens is 5. The molecule has 0 amide bonds. The molecular formula is C7H4F3N5. The molecule has 0 aliphatic heterocycles. The fourth-order valence-corrected chi connectivity index (χ4v) is 0.926. The van der Waals surface area contributed by atoms with Crippen LogP contribution < -0.4 is 0 Å². The Morgan fingerprint density at radius 2 is 2.07 bits per heavy atom. The molecule has 0 aliphatic rings. The summed E-state index contributed by atoms with van der Waals surface area (Å²) in [5, 5.41) is 5.20. The number of hydrogen-bond donors (Lipinski definition) is 1. The third-order valence-electron chi connectivity index (χ3n) is 1.56. The van der Waals surface area contributed by atoms with Crippen LogP contribution in [0.5, 0.6) is 0 Å². The fraction of sp³-hybridized carbons (Fsp3) is 0.143. The predicted molar refractivity (Wildman–Crippen MR) is 42.4 cm³/mol. The molecule has 2 rings (SSSR count). The summed E-state index contributed by atoms with van der Waals surface area (Å²) >= 11 is 0. The number of alkyl halides is 3. The molecule has 78 valence electrons. The van der Waals surface area contributed by atoms with E-state index in [4.69, 9.17) is 0 Å². The van der Waals surface area contributed by atoms with Gasteiger partial charge < -0.3 is 0 Å². The van der Waals surface area contributed by atoms with Gasteiger partial charge in [0.25, 0.3) is 0 Å². The molecule has 0 saturated heterocycles. The van der Waals surface area contributed by atoms with Gasteiger partial charge in [-0.3, -0.25) is 5.10 Å². The number of nitrogens with one attached hydrogen (secondary N) is 1. The van der Waals surface area contributed by atoms with Gasteiger partial charge in [-0.25, -0.2) is 15.0 Å². The van der Waals surface area contributed by atoms with Gasteiger partial charge in [0.05, 0.1) is 0 Å². The molecule has 1 N–H and O–H groups in total. The van der Waals surface area contributed by atoms with Gasteiger partial charge in [0, 0.05) is 6.20 Å². The molecule has 2 aromatic heterocycles. The van der Waals surface area contributed by atoms with Crippen molar-refractivity contribution < 1.29 is 13.2 Å². The van der Waals surface area contributed by atoms with Crippen LogP contribution in [0.2, 0.25) is 0 Å². The summed E-state index contributed by atoms with van der Waals surface area (Å²) < 4.78 is 36.5. The topological polar surface area (TPSA) is 67.3 Å². The van der Waals surface area contributed by atoms with Crippen molar-refractivity contribution >= 4 is 0 Å². The van der Waals surface area contributed by atoms with Crippen molar-refractivity contribution in [1.82, 2.24) is 25.1 Å². The maximum absolute atomic E-state index is 12.2. The molecule has 0 unspecified atom stereocenters. The molecule has 0 aromatic carbocycles. The Morgan fingerprint density at radius 3 is 2.60 bits per heavy atom. The second kappa shape index (κ2) is 3.30. The lowest BCUT2D eigenvalue weighted by Crippen LogP contribution is -2.07. The van der Waals surface area contributed by atoms with E-state index in [0.29, 0.717) is 0 Å². The van der Waals surface area contributed by atoms with E-state index < -0.39 is 12.0 Å². The number of nitrogens with zero attached hydrogens (tertiary/aromatic N) is 4. The average Bonchev–Trinajstić information content (AvgIpc) is 2.67. The van der Waals surface area contributed by atoms with E-state index in [1.807, 2.05) is 0 Å². The first kappa shape index (κ1) is 9.56. The lowest BCUT2D eigenvalue weighted by Gasteiger charge is -1.98. The van der Waals surface area contributed by atoms with E-state index >= 15 is 0 Å². The number of halogens is 3. The fourth-order valence-electron chi connectivity index (χ4n) is 0.926. The Kier molecular flexibility index (Phi) is 2.10. The molecule has 8 heteroatoms. The predicted octanol–water partition coefficient (Wildman–Crippen LogP) is 1.28. The molecule has 0 radical (unpaired) electrons. The van der Waals surface area contributed by atoms with Gasteiger partial charge in [0.2, 0.25) is 5.82 Å². The standard InChI is InChI=1S/C7H4F3N5/c8-7(9,10)6-13-5(14-15-6)4-1-2-11-3-12-4/h1-3H,(H,13,14,15). The minimum atomic E-state index is -4.53. The van der Waals surface area contributed by atoms with E-state index in [9.17, 15) is 13.2 Å². The zero-order valence-corrected chi connectivity index (χ0v) is 7.15. The molecule has 0 saturated carbocycles. The largest absolute Gasteiger partial charge is 0.451 e. The van der Waals surface area contributed by atoms with E-state index in [1.165, 1.54) is 18.6 Å². The van der Waals surface area contributed by atoms with Crippen LogP contribution >= 0.6 is 0 Å². The van der Waals surface area contributed by atoms with Crippen LogP contribution in [0.3, 0.4) is 0 Å². The minimum Gasteiger partial charge on any atom is -0.255 e. The highest BCUT2D eigenvalue weighted by Gasteiger charge is 2.35. The van der Waals surface area contributed by atoms with Gasteiger partial charge in [-0.1, -0.05) is 0 Å². The van der Waals surface area contributed by atoms with Crippen LogP contribution in [0, 0.1) is 0 Å². The zero-order valence-electron chi connectivity index (χ0n) is 7.15. The second-order valence-electron chi connectivity index (χ2n) is 2.60. The van der Waals surface area contributed by atoms with Crippen molar-refractivity contribution in [3.63, 3.8) is 0 Å². The van der Waals surface area contributed by atoms with Crippen LogP contribution in [-0.4, -0.2) is 25.1 Å². The van der Waals surface area contributed by atoms with Crippen molar-refractivity contribution in [2.75, 3.05) is 0 Å². The van der Waals surface area contributed by atoms with Crippen LogP contribution in [0.4, 0.5) is 13.2 Å². The third-order valence-corrected chi connectivity index (χ3v) is 1.56. The van der Waals surface area contributed by atoms with Crippen molar-refractivity contribution in [1.29, 1.82) is 0 Å². The van der Waals surface area contributed by atoms with E-state index in [0.717, 1.165) is 0 Å². The SMILES string of the molecule is FC(F)(F)c1nc(-c2ccncn2)n[nH]1. The number of H-pyrrole nitrogens is 1. The smallest absolute Gasteiger partial charge is 0.255 e. The summed E-state index contributed by atoms with van der Waals surface area (Å²) in [6, 6.07) is 1.42. The van der Waals surface area contributed by atoms with Crippen molar-refractivity contribution in [2.24, 2.45) is 0 Å². The lowest BCUT2D eigenvalue weighted by atomic mass is 10.4. The van der Waals surface area contributed by atoms with Crippen LogP contribution in [-0.2, 0) is 6.18 Å². The summed E-state index contributed by atoms with van der Waals surface area (Å²) in [7, 11) is 0. The Hall–Kier alpha value is -1.99. The monoisotopic (exact) mass is 215 g/mol. The number of aromatic amines is 1. The number of rotatable bonds is 1. The van der Waals surface area contributed by atoms with Gasteiger partial charge in [-0.05, 0) is 6.07 Å². The Balaban J connectivity index is 2.37. The molecule has 5 nitrogen and oxygen atoms in total. The summed E-state index contributed by atoms with van der Waals surface area (Å²) in [5.74, 6) is -1.25. The molecule has 2 heterocycles. The highest BCUT2D eigenvalue weighted by atomic mass is 19.4. The lowest BCUT2D eigenvalue weighted by molar-refractivity contribution is -0.144. The van der Waals surface area contributed by atoms with Gasteiger partial charge >= 0.3 is 6.18 Å². The summed E-state index contributed by atoms with van der Waals surface area (Å²) in [6.07, 6.45) is -1.93. The Labute approximate surface area is 81.4 Å². The number of hydrogen-bond acceptors (Lipinski definition) is 4. The first-order valence-electron chi connectivity index (χ1n) is 3.83. The van der Waals surface area contributed by atoms with Crippen molar-refractivity contribution in [2.45, 2.75) is 6.18 Å². The first-order chi connectivity index (χ1) is 7.07. The van der Waals surface area contributed by atoms with Crippen molar-refractivity contribution in [3.05, 3.63) is 24.4 Å². The first-order valence-corrected chi connectivity index (χ1v) is 3.83. The third kappa shape index (κ3) is 1.92. The average molecular weight is 215 g/mol. The van der Waals surface area contributed by atoms with E-state index in [2.05, 4.69) is 20.1 Å². The van der Waals surface area contributed by atoms with E-state index in [1.54, 1.807) is 5.10 Å². The molecule has 0 atom stereocenters. The summed E-state index contributed by atoms with van der Waals surface area (Å²) in [5.41, 5.74) is 0.233. The molecule has 0 aliphatic carbocycles. The molecule has 0 spiro atoms. The van der Waals surface area contributed by atoms with E-state index in [-0.39, 0.29) is 11.5 Å². The Bertz CT molecular complexity index is 449. The summed E-state index contributed by atoms with van der Waals surface area (Å²) in [4.78, 5) is 10.6. The second-order valence-corrected chi connectivity index (χ2v) is 2.60. The van der Waals surface area contributed by atoms with Gasteiger partial charge in [0.15, 0.2) is 5.82 Å². The molecule has 15 heavy (non-hydrogen) atoms. The molecule has 0 fully saturated rings. The molecular weight excluding hydrogens is 211 g/mol. The highest BCUT2D eigenvalue weighted by Crippen LogP contribution is 2.26. The molecule has 2 aromatic rings. The maximum Gasteiger partial charge on any atom is 0.451 e. The molecule has 0 bridgehead atoms. The van der Waals surface area contributed by atoms with Gasteiger partial charge in [-0.15, -0.1) is 0 Å².